The van der Waals surface area contributed by atoms with Gasteiger partial charge in [0.2, 0.25) is 0 Å². The van der Waals surface area contributed by atoms with Gasteiger partial charge in [0.1, 0.15) is 6.10 Å². The van der Waals surface area contributed by atoms with Gasteiger partial charge in [0.25, 0.3) is 0 Å². The summed E-state index contributed by atoms with van der Waals surface area (Å²) in [5, 5.41) is 0. The lowest BCUT2D eigenvalue weighted by Crippen LogP contribution is -2.06. The summed E-state index contributed by atoms with van der Waals surface area (Å²) in [6.45, 7) is 2.28. The number of carbonyl (C=O) groups is 1. The van der Waals surface area contributed by atoms with Crippen LogP contribution < -0.4 is 0 Å². The van der Waals surface area contributed by atoms with Crippen molar-refractivity contribution in [2.24, 2.45) is 0 Å². The minimum absolute atomic E-state index is 0.00898. The zero-order chi connectivity index (χ0) is 15.2. The van der Waals surface area contributed by atoms with E-state index in [1.54, 1.807) is 0 Å². The Morgan fingerprint density at radius 3 is 1.71 bits per heavy atom. The third kappa shape index (κ3) is 10.8. The second-order valence-corrected chi connectivity index (χ2v) is 6.68. The highest BCUT2D eigenvalue weighted by atomic mass is 16.5. The number of ether oxygens (including phenoxy) is 1. The molecule has 0 aromatic carbocycles. The predicted molar refractivity (Wildman–Crippen MR) is 89.4 cm³/mol. The molecule has 0 saturated carbocycles. The van der Waals surface area contributed by atoms with Gasteiger partial charge >= 0.3 is 5.97 Å². The van der Waals surface area contributed by atoms with Gasteiger partial charge in [-0.3, -0.25) is 4.79 Å². The Morgan fingerprint density at radius 1 is 0.810 bits per heavy atom. The van der Waals surface area contributed by atoms with Gasteiger partial charge in [-0.2, -0.15) is 0 Å². The van der Waals surface area contributed by atoms with Crippen LogP contribution in [0.2, 0.25) is 0 Å². The van der Waals surface area contributed by atoms with E-state index in [-0.39, 0.29) is 12.1 Å². The summed E-state index contributed by atoms with van der Waals surface area (Å²) in [7, 11) is 0. The summed E-state index contributed by atoms with van der Waals surface area (Å²) in [5.41, 5.74) is 0. The zero-order valence-corrected chi connectivity index (χ0v) is 14.2. The van der Waals surface area contributed by atoms with Crippen LogP contribution in [0.15, 0.2) is 0 Å². The summed E-state index contributed by atoms with van der Waals surface area (Å²) >= 11 is 0. The monoisotopic (exact) mass is 296 g/mol. The van der Waals surface area contributed by atoms with E-state index in [1.165, 1.54) is 83.5 Å². The second-order valence-electron chi connectivity index (χ2n) is 6.68. The van der Waals surface area contributed by atoms with Crippen LogP contribution in [-0.4, -0.2) is 12.1 Å². The number of rotatable bonds is 14. The molecule has 0 radical (unpaired) electrons. The first kappa shape index (κ1) is 18.5. The van der Waals surface area contributed by atoms with Crippen LogP contribution in [0.4, 0.5) is 0 Å². The average Bonchev–Trinajstić information content (AvgIpc) is 2.89. The van der Waals surface area contributed by atoms with Crippen LogP contribution in [0.1, 0.15) is 110 Å². The van der Waals surface area contributed by atoms with Gasteiger partial charge in [0.05, 0.1) is 0 Å². The fraction of sp³-hybridized carbons (Fsp3) is 0.947. The first-order chi connectivity index (χ1) is 10.3. The molecule has 2 heteroatoms. The van der Waals surface area contributed by atoms with Gasteiger partial charge < -0.3 is 4.74 Å². The van der Waals surface area contributed by atoms with Crippen molar-refractivity contribution in [2.75, 3.05) is 0 Å². The SMILES string of the molecule is CCCCCCCCCCCCCCC[C@H]1CCC(=O)O1. The minimum Gasteiger partial charge on any atom is -0.462 e. The molecule has 0 amide bonds. The third-order valence-electron chi connectivity index (χ3n) is 4.60. The Balaban J connectivity index is 1.70. The van der Waals surface area contributed by atoms with E-state index < -0.39 is 0 Å². The molecule has 0 unspecified atom stereocenters. The molecule has 1 aliphatic heterocycles. The molecular weight excluding hydrogens is 260 g/mol. The van der Waals surface area contributed by atoms with E-state index in [1.807, 2.05) is 0 Å². The van der Waals surface area contributed by atoms with Gasteiger partial charge in [0.15, 0.2) is 0 Å². The van der Waals surface area contributed by atoms with Crippen LogP contribution in [0.25, 0.3) is 0 Å². The molecule has 1 aliphatic rings. The number of esters is 1. The first-order valence-corrected chi connectivity index (χ1v) is 9.52. The van der Waals surface area contributed by atoms with E-state index in [2.05, 4.69) is 6.92 Å². The standard InChI is InChI=1S/C19H36O2/c1-2-3-4-5-6-7-8-9-10-11-12-13-14-15-18-16-17-19(20)21-18/h18H,2-17H2,1H3/t18-/m0/s1. The smallest absolute Gasteiger partial charge is 0.306 e. The van der Waals surface area contributed by atoms with Crippen molar-refractivity contribution in [1.29, 1.82) is 0 Å². The number of hydrogen-bond acceptors (Lipinski definition) is 2. The summed E-state index contributed by atoms with van der Waals surface area (Å²) in [6.07, 6.45) is 21.0. The van der Waals surface area contributed by atoms with E-state index in [9.17, 15) is 4.79 Å². The molecule has 1 heterocycles. The molecule has 0 aliphatic carbocycles. The lowest BCUT2D eigenvalue weighted by molar-refractivity contribution is -0.141. The summed E-state index contributed by atoms with van der Waals surface area (Å²) in [6, 6.07) is 0. The van der Waals surface area contributed by atoms with E-state index in [0.717, 1.165) is 12.8 Å². The predicted octanol–water partition coefficient (Wildman–Crippen LogP) is 6.17. The third-order valence-corrected chi connectivity index (χ3v) is 4.60. The highest BCUT2D eigenvalue weighted by molar-refractivity contribution is 5.71. The molecule has 0 aromatic rings. The maximum absolute atomic E-state index is 11.0. The molecule has 124 valence electrons. The van der Waals surface area contributed by atoms with Crippen molar-refractivity contribution in [2.45, 2.75) is 116 Å². The maximum atomic E-state index is 11.0. The van der Waals surface area contributed by atoms with Crippen LogP contribution >= 0.6 is 0 Å². The fourth-order valence-corrected chi connectivity index (χ4v) is 3.18. The Labute approximate surface area is 132 Å². The normalized spacial score (nSPS) is 18.1. The van der Waals surface area contributed by atoms with Gasteiger partial charge in [-0.1, -0.05) is 84.0 Å². The van der Waals surface area contributed by atoms with Crippen molar-refractivity contribution < 1.29 is 9.53 Å². The molecule has 1 saturated heterocycles. The van der Waals surface area contributed by atoms with Gasteiger partial charge in [-0.25, -0.2) is 0 Å². The second kappa shape index (κ2) is 13.2. The van der Waals surface area contributed by atoms with Crippen LogP contribution in [-0.2, 0) is 9.53 Å². The summed E-state index contributed by atoms with van der Waals surface area (Å²) in [4.78, 5) is 11.0. The van der Waals surface area contributed by atoms with E-state index in [0.29, 0.717) is 6.42 Å². The van der Waals surface area contributed by atoms with Crippen molar-refractivity contribution >= 4 is 5.97 Å². The molecule has 0 spiro atoms. The van der Waals surface area contributed by atoms with Gasteiger partial charge in [-0.15, -0.1) is 0 Å². The minimum atomic E-state index is 0.00898. The van der Waals surface area contributed by atoms with Gasteiger partial charge in [0, 0.05) is 6.42 Å². The van der Waals surface area contributed by atoms with Crippen LogP contribution in [0.3, 0.4) is 0 Å². The summed E-state index contributed by atoms with van der Waals surface area (Å²) < 4.78 is 5.23. The first-order valence-electron chi connectivity index (χ1n) is 9.52. The maximum Gasteiger partial charge on any atom is 0.306 e. The largest absolute Gasteiger partial charge is 0.462 e. The molecule has 0 aromatic heterocycles. The Hall–Kier alpha value is -0.530. The quantitative estimate of drug-likeness (QED) is 0.283. The van der Waals surface area contributed by atoms with Crippen molar-refractivity contribution in [3.8, 4) is 0 Å². The molecule has 21 heavy (non-hydrogen) atoms. The molecule has 1 rings (SSSR count). The fourth-order valence-electron chi connectivity index (χ4n) is 3.18. The molecule has 1 fully saturated rings. The Kier molecular flexibility index (Phi) is 11.6. The van der Waals surface area contributed by atoms with E-state index >= 15 is 0 Å². The number of cyclic esters (lactones) is 1. The number of carbonyl (C=O) groups excluding carboxylic acids is 1. The van der Waals surface area contributed by atoms with Crippen molar-refractivity contribution in [1.82, 2.24) is 0 Å². The molecule has 0 bridgehead atoms. The Morgan fingerprint density at radius 2 is 1.29 bits per heavy atom. The lowest BCUT2D eigenvalue weighted by atomic mass is 10.0. The number of hydrogen-bond donors (Lipinski definition) is 0. The van der Waals surface area contributed by atoms with Crippen molar-refractivity contribution in [3.05, 3.63) is 0 Å². The molecule has 2 nitrogen and oxygen atoms in total. The topological polar surface area (TPSA) is 26.3 Å². The van der Waals surface area contributed by atoms with Crippen molar-refractivity contribution in [3.63, 3.8) is 0 Å². The molecule has 1 atom stereocenters. The number of unbranched alkanes of at least 4 members (excludes halogenated alkanes) is 12. The zero-order valence-electron chi connectivity index (χ0n) is 14.2. The van der Waals surface area contributed by atoms with Crippen LogP contribution in [0, 0.1) is 0 Å². The molecular formula is C19H36O2. The lowest BCUT2D eigenvalue weighted by Gasteiger charge is -2.08. The average molecular weight is 296 g/mol. The van der Waals surface area contributed by atoms with E-state index in [4.69, 9.17) is 4.74 Å². The van der Waals surface area contributed by atoms with Gasteiger partial charge in [-0.05, 0) is 19.3 Å². The highest BCUT2D eigenvalue weighted by Crippen LogP contribution is 2.20. The van der Waals surface area contributed by atoms with Crippen LogP contribution in [0.5, 0.6) is 0 Å². The molecule has 0 N–H and O–H groups in total. The highest BCUT2D eigenvalue weighted by Gasteiger charge is 2.22. The Bertz CT molecular complexity index is 250. The summed E-state index contributed by atoms with van der Waals surface area (Å²) in [5.74, 6) is 0.00898.